The molecule has 2 aromatic rings. The van der Waals surface area contributed by atoms with Gasteiger partial charge in [0.2, 0.25) is 15.9 Å². The molecule has 0 spiro atoms. The van der Waals surface area contributed by atoms with Gasteiger partial charge in [0.25, 0.3) is 0 Å². The third-order valence-electron chi connectivity index (χ3n) is 2.83. The Hall–Kier alpha value is -1.45. The largest absolute Gasteiger partial charge is 0.326 e. The molecule has 1 amide bonds. The van der Waals surface area contributed by atoms with Gasteiger partial charge in [-0.3, -0.25) is 4.79 Å². The molecule has 7 heteroatoms. The van der Waals surface area contributed by atoms with Crippen LogP contribution >= 0.6 is 22.6 Å². The quantitative estimate of drug-likeness (QED) is 0.692. The fourth-order valence-corrected chi connectivity index (χ4v) is 3.15. The molecule has 22 heavy (non-hydrogen) atoms. The lowest BCUT2D eigenvalue weighted by molar-refractivity contribution is -0.116. The van der Waals surface area contributed by atoms with Crippen molar-refractivity contribution in [2.24, 2.45) is 0 Å². The van der Waals surface area contributed by atoms with Crippen molar-refractivity contribution >= 4 is 44.2 Å². The first-order valence-electron chi connectivity index (χ1n) is 6.57. The topological polar surface area (TPSA) is 75.3 Å². The van der Waals surface area contributed by atoms with Gasteiger partial charge in [-0.2, -0.15) is 0 Å². The number of hydrogen-bond donors (Lipinski definition) is 2. The van der Waals surface area contributed by atoms with E-state index >= 15 is 0 Å². The van der Waals surface area contributed by atoms with Crippen molar-refractivity contribution in [3.05, 3.63) is 58.2 Å². The standard InChI is InChI=1S/C15H15IN2O3S/c16-12-6-8-13(9-7-12)18-15(19)10-11-17-22(20,21)14-4-2-1-3-5-14/h1-9,17H,10-11H2,(H,18,19). The molecule has 0 fully saturated rings. The predicted octanol–water partition coefficient (Wildman–Crippen LogP) is 2.60. The first-order chi connectivity index (χ1) is 10.5. The number of carbonyl (C=O) groups excluding carboxylic acids is 1. The number of amides is 1. The van der Waals surface area contributed by atoms with E-state index in [2.05, 4.69) is 32.6 Å². The molecule has 0 aliphatic carbocycles. The Labute approximate surface area is 143 Å². The van der Waals surface area contributed by atoms with E-state index in [4.69, 9.17) is 0 Å². The summed E-state index contributed by atoms with van der Waals surface area (Å²) in [4.78, 5) is 12.0. The van der Waals surface area contributed by atoms with Crippen LogP contribution in [0.25, 0.3) is 0 Å². The highest BCUT2D eigenvalue weighted by molar-refractivity contribution is 14.1. The van der Waals surface area contributed by atoms with Gasteiger partial charge in [-0.25, -0.2) is 13.1 Å². The van der Waals surface area contributed by atoms with Crippen molar-refractivity contribution in [1.29, 1.82) is 0 Å². The number of hydrogen-bond acceptors (Lipinski definition) is 3. The lowest BCUT2D eigenvalue weighted by Gasteiger charge is -2.07. The summed E-state index contributed by atoms with van der Waals surface area (Å²) in [6.45, 7) is 0.0490. The molecule has 0 bridgehead atoms. The van der Waals surface area contributed by atoms with Crippen LogP contribution in [-0.4, -0.2) is 20.9 Å². The van der Waals surface area contributed by atoms with Gasteiger partial charge in [-0.1, -0.05) is 18.2 Å². The smallest absolute Gasteiger partial charge is 0.240 e. The SMILES string of the molecule is O=C(CCNS(=O)(=O)c1ccccc1)Nc1ccc(I)cc1. The zero-order chi connectivity index (χ0) is 16.0. The van der Waals surface area contributed by atoms with Gasteiger partial charge in [0.15, 0.2) is 0 Å². The van der Waals surface area contributed by atoms with Gasteiger partial charge in [0.05, 0.1) is 4.90 Å². The Morgan fingerprint density at radius 2 is 1.64 bits per heavy atom. The number of sulfonamides is 1. The monoisotopic (exact) mass is 430 g/mol. The second kappa shape index (κ2) is 7.70. The summed E-state index contributed by atoms with van der Waals surface area (Å²) >= 11 is 2.18. The lowest BCUT2D eigenvalue weighted by atomic mass is 10.3. The number of rotatable bonds is 6. The van der Waals surface area contributed by atoms with Gasteiger partial charge in [-0.05, 0) is 59.0 Å². The second-order valence-corrected chi connectivity index (χ2v) is 7.53. The maximum absolute atomic E-state index is 12.0. The molecule has 0 saturated carbocycles. The zero-order valence-electron chi connectivity index (χ0n) is 11.6. The van der Waals surface area contributed by atoms with Gasteiger partial charge in [0.1, 0.15) is 0 Å². The Balaban J connectivity index is 1.83. The molecule has 116 valence electrons. The van der Waals surface area contributed by atoms with Crippen LogP contribution in [0.2, 0.25) is 0 Å². The minimum absolute atomic E-state index is 0.0490. The van der Waals surface area contributed by atoms with Crippen LogP contribution in [0.4, 0.5) is 5.69 Å². The van der Waals surface area contributed by atoms with E-state index < -0.39 is 10.0 Å². The Morgan fingerprint density at radius 3 is 2.27 bits per heavy atom. The molecule has 2 rings (SSSR count). The first kappa shape index (κ1) is 16.9. The molecule has 2 aromatic carbocycles. The van der Waals surface area contributed by atoms with Gasteiger partial charge < -0.3 is 5.32 Å². The summed E-state index contributed by atoms with van der Waals surface area (Å²) in [6, 6.07) is 15.4. The van der Waals surface area contributed by atoms with E-state index in [1.807, 2.05) is 12.1 Å². The van der Waals surface area contributed by atoms with E-state index in [9.17, 15) is 13.2 Å². The van der Waals surface area contributed by atoms with Crippen molar-refractivity contribution in [1.82, 2.24) is 4.72 Å². The minimum Gasteiger partial charge on any atom is -0.326 e. The molecule has 0 saturated heterocycles. The van der Waals surface area contributed by atoms with Crippen molar-refractivity contribution in [3.63, 3.8) is 0 Å². The average molecular weight is 430 g/mol. The molecule has 0 heterocycles. The fraction of sp³-hybridized carbons (Fsp3) is 0.133. The zero-order valence-corrected chi connectivity index (χ0v) is 14.6. The molecule has 0 aliphatic heterocycles. The number of halogens is 1. The molecule has 5 nitrogen and oxygen atoms in total. The highest BCUT2D eigenvalue weighted by Crippen LogP contribution is 2.11. The maximum atomic E-state index is 12.0. The molecule has 0 aromatic heterocycles. The number of anilines is 1. The van der Waals surface area contributed by atoms with E-state index in [0.29, 0.717) is 5.69 Å². The van der Waals surface area contributed by atoms with Gasteiger partial charge in [0, 0.05) is 22.2 Å². The summed E-state index contributed by atoms with van der Waals surface area (Å²) in [5, 5.41) is 2.72. The maximum Gasteiger partial charge on any atom is 0.240 e. The Kier molecular flexibility index (Phi) is 5.92. The number of carbonyl (C=O) groups is 1. The van der Waals surface area contributed by atoms with Crippen molar-refractivity contribution in [2.45, 2.75) is 11.3 Å². The van der Waals surface area contributed by atoms with E-state index in [1.54, 1.807) is 30.3 Å². The summed E-state index contributed by atoms with van der Waals surface area (Å²) in [6.07, 6.45) is 0.0675. The van der Waals surface area contributed by atoms with E-state index in [1.165, 1.54) is 12.1 Å². The van der Waals surface area contributed by atoms with E-state index in [-0.39, 0.29) is 23.8 Å². The molecule has 0 unspecified atom stereocenters. The lowest BCUT2D eigenvalue weighted by Crippen LogP contribution is -2.27. The average Bonchev–Trinajstić information content (AvgIpc) is 2.50. The van der Waals surface area contributed by atoms with Crippen LogP contribution in [0.15, 0.2) is 59.5 Å². The third-order valence-corrected chi connectivity index (χ3v) is 5.02. The molecular weight excluding hydrogens is 415 g/mol. The van der Waals surface area contributed by atoms with Gasteiger partial charge in [-0.15, -0.1) is 0 Å². The fourth-order valence-electron chi connectivity index (χ4n) is 1.74. The van der Waals surface area contributed by atoms with Gasteiger partial charge >= 0.3 is 0 Å². The van der Waals surface area contributed by atoms with Crippen molar-refractivity contribution < 1.29 is 13.2 Å². The highest BCUT2D eigenvalue weighted by Gasteiger charge is 2.13. The van der Waals surface area contributed by atoms with Crippen LogP contribution in [0.1, 0.15) is 6.42 Å². The van der Waals surface area contributed by atoms with Crippen molar-refractivity contribution in [3.8, 4) is 0 Å². The van der Waals surface area contributed by atoms with Crippen LogP contribution in [0.3, 0.4) is 0 Å². The number of nitrogens with one attached hydrogen (secondary N) is 2. The Morgan fingerprint density at radius 1 is 1.00 bits per heavy atom. The Bertz CT molecular complexity index is 731. The summed E-state index contributed by atoms with van der Waals surface area (Å²) < 4.78 is 27.4. The first-order valence-corrected chi connectivity index (χ1v) is 9.14. The molecule has 2 N–H and O–H groups in total. The highest BCUT2D eigenvalue weighted by atomic mass is 127. The van der Waals surface area contributed by atoms with Crippen LogP contribution < -0.4 is 10.0 Å². The summed E-state index contributed by atoms with van der Waals surface area (Å²) in [5.41, 5.74) is 0.691. The van der Waals surface area contributed by atoms with Crippen LogP contribution in [0.5, 0.6) is 0 Å². The van der Waals surface area contributed by atoms with E-state index in [0.717, 1.165) is 3.57 Å². The summed E-state index contributed by atoms with van der Waals surface area (Å²) in [5.74, 6) is -0.239. The minimum atomic E-state index is -3.57. The van der Waals surface area contributed by atoms with Crippen molar-refractivity contribution in [2.75, 3.05) is 11.9 Å². The molecule has 0 radical (unpaired) electrons. The predicted molar refractivity (Wildman–Crippen MR) is 94.0 cm³/mol. The van der Waals surface area contributed by atoms with Crippen LogP contribution in [0, 0.1) is 3.57 Å². The van der Waals surface area contributed by atoms with Crippen LogP contribution in [-0.2, 0) is 14.8 Å². The molecule has 0 atom stereocenters. The molecule has 0 aliphatic rings. The normalized spacial score (nSPS) is 11.1. The number of benzene rings is 2. The molecular formula is C15H15IN2O3S. The summed E-state index contributed by atoms with van der Waals surface area (Å²) in [7, 11) is -3.57. The third kappa shape index (κ3) is 5.08. The second-order valence-electron chi connectivity index (χ2n) is 4.52.